The Morgan fingerprint density at radius 1 is 0.195 bits per heavy atom. The summed E-state index contributed by atoms with van der Waals surface area (Å²) in [7, 11) is 0. The van der Waals surface area contributed by atoms with Crippen LogP contribution in [0.4, 0.5) is 0 Å². The number of hydrogen-bond acceptors (Lipinski definition) is 4. The summed E-state index contributed by atoms with van der Waals surface area (Å²) in [4.78, 5) is 21.9. The van der Waals surface area contributed by atoms with Crippen molar-refractivity contribution in [3.8, 4) is 68.0 Å². The van der Waals surface area contributed by atoms with Crippen LogP contribution in [0.3, 0.4) is 0 Å². The summed E-state index contributed by atoms with van der Waals surface area (Å²) < 4.78 is 10.1. The molecule has 17 aromatic rings. The lowest BCUT2D eigenvalue weighted by Gasteiger charge is -2.31. The summed E-state index contributed by atoms with van der Waals surface area (Å²) in [6.45, 7) is 0. The topological polar surface area (TPSA) is 71.3 Å². The summed E-state index contributed by atoms with van der Waals surface area (Å²) >= 11 is 0. The van der Waals surface area contributed by atoms with E-state index in [2.05, 4.69) is 273 Å². The van der Waals surface area contributed by atoms with Crippen LogP contribution in [0, 0.1) is 0 Å². The van der Waals surface area contributed by atoms with Crippen molar-refractivity contribution in [2.45, 2.75) is 0 Å². The minimum Gasteiger partial charge on any atom is -0.308 e. The van der Waals surface area contributed by atoms with Crippen molar-refractivity contribution < 1.29 is 0 Å². The minimum atomic E-state index is 0.507. The minimum absolute atomic E-state index is 0.507. The summed E-state index contributed by atoms with van der Waals surface area (Å²) in [6.07, 6.45) is 3.84. The van der Waals surface area contributed by atoms with E-state index in [1.54, 1.807) is 0 Å². The third-order valence-corrected chi connectivity index (χ3v) is 16.5. The molecule has 0 aliphatic rings. The Labute approximate surface area is 470 Å². The number of rotatable bonds is 8. The second kappa shape index (κ2) is 18.2. The molecule has 0 fully saturated rings. The highest BCUT2D eigenvalue weighted by Crippen LogP contribution is 2.54. The first-order chi connectivity index (χ1) is 40.8. The molecule has 8 nitrogen and oxygen atoms in total. The van der Waals surface area contributed by atoms with Crippen molar-refractivity contribution in [1.29, 1.82) is 0 Å². The van der Waals surface area contributed by atoms with Gasteiger partial charge in [0.05, 0.1) is 72.4 Å². The van der Waals surface area contributed by atoms with Crippen LogP contribution in [0.2, 0.25) is 0 Å². The van der Waals surface area contributed by atoms with Crippen molar-refractivity contribution in [3.05, 3.63) is 279 Å². The van der Waals surface area contributed by atoms with Gasteiger partial charge in [-0.3, -0.25) is 4.98 Å². The van der Waals surface area contributed by atoms with Crippen LogP contribution in [0.25, 0.3) is 155 Å². The zero-order valence-electron chi connectivity index (χ0n) is 44.1. The second-order valence-electron chi connectivity index (χ2n) is 20.9. The Hall–Kier alpha value is -11.2. The van der Waals surface area contributed by atoms with Gasteiger partial charge >= 0.3 is 0 Å². The molecule has 0 aliphatic carbocycles. The third kappa shape index (κ3) is 6.72. The highest BCUT2D eigenvalue weighted by atomic mass is 15.1. The smallest absolute Gasteiger partial charge is 0.168 e. The molecule has 8 heteroatoms. The molecule has 0 spiro atoms. The molecule has 0 unspecified atom stereocenters. The van der Waals surface area contributed by atoms with Crippen molar-refractivity contribution in [2.75, 3.05) is 0 Å². The number of fused-ring (bicyclic) bond motifs is 12. The Morgan fingerprint density at radius 2 is 0.451 bits per heavy atom. The maximum absolute atomic E-state index is 5.86. The quantitative estimate of drug-likeness (QED) is 0.152. The van der Waals surface area contributed by atoms with E-state index in [1.807, 2.05) is 24.5 Å². The monoisotopic (exact) mass is 1050 g/mol. The van der Waals surface area contributed by atoms with Crippen molar-refractivity contribution in [3.63, 3.8) is 0 Å². The van der Waals surface area contributed by atoms with Gasteiger partial charge in [0.15, 0.2) is 17.5 Å². The molecule has 6 heterocycles. The van der Waals surface area contributed by atoms with E-state index >= 15 is 0 Å². The molecule has 17 rings (SSSR count). The van der Waals surface area contributed by atoms with E-state index in [0.717, 1.165) is 138 Å². The van der Waals surface area contributed by atoms with Crippen LogP contribution in [0.15, 0.2) is 279 Å². The first-order valence-corrected chi connectivity index (χ1v) is 27.7. The number of hydrogen-bond donors (Lipinski definition) is 0. The van der Waals surface area contributed by atoms with E-state index in [0.29, 0.717) is 17.5 Å². The third-order valence-electron chi connectivity index (χ3n) is 16.5. The van der Waals surface area contributed by atoms with Crippen molar-refractivity contribution in [2.24, 2.45) is 0 Å². The molecular formula is C74H46N8. The number of nitrogens with zero attached hydrogens (tertiary/aromatic N) is 8. The largest absolute Gasteiger partial charge is 0.308 e. The first kappa shape index (κ1) is 45.8. The van der Waals surface area contributed by atoms with Gasteiger partial charge < -0.3 is 18.3 Å². The maximum Gasteiger partial charge on any atom is 0.168 e. The first-order valence-electron chi connectivity index (χ1n) is 27.7. The van der Waals surface area contributed by atoms with Gasteiger partial charge in [-0.2, -0.15) is 0 Å². The summed E-state index contributed by atoms with van der Waals surface area (Å²) in [6, 6.07) is 95.7. The van der Waals surface area contributed by atoms with Crippen LogP contribution >= 0.6 is 0 Å². The fraction of sp³-hybridized carbons (Fsp3) is 0. The number of benzene rings is 11. The molecule has 0 amide bonds. The molecular weight excluding hydrogens is 1000 g/mol. The number of pyridine rings is 1. The van der Waals surface area contributed by atoms with E-state index in [-0.39, 0.29) is 0 Å². The van der Waals surface area contributed by atoms with Crippen LogP contribution in [0.1, 0.15) is 0 Å². The summed E-state index contributed by atoms with van der Waals surface area (Å²) in [5.74, 6) is 1.62. The molecule has 11 aromatic carbocycles. The average molecular weight is 1050 g/mol. The van der Waals surface area contributed by atoms with Gasteiger partial charge in [0.1, 0.15) is 0 Å². The summed E-state index contributed by atoms with van der Waals surface area (Å²) in [5.41, 5.74) is 16.5. The van der Waals surface area contributed by atoms with E-state index in [4.69, 9.17) is 19.9 Å². The van der Waals surface area contributed by atoms with E-state index < -0.39 is 0 Å². The summed E-state index contributed by atoms with van der Waals surface area (Å²) in [5, 5.41) is 9.05. The Morgan fingerprint density at radius 3 is 0.780 bits per heavy atom. The predicted octanol–water partition coefficient (Wildman–Crippen LogP) is 18.3. The SMILES string of the molecule is c1ccc(-c2nc(-c3ccccc3)nc(-c3c(-n4c5ccccc5c5ccccc54)c(-c4ccncc4)c(-n4c5ccccc5c5ccccc54)c(-n4c5ccccc5c5ccccc54)c3-n3c4ccccc4c4ccccc43)n2)cc1. The fourth-order valence-corrected chi connectivity index (χ4v) is 13.1. The van der Waals surface area contributed by atoms with E-state index in [9.17, 15) is 0 Å². The van der Waals surface area contributed by atoms with Gasteiger partial charge in [0.2, 0.25) is 0 Å². The second-order valence-corrected chi connectivity index (χ2v) is 20.9. The number of aromatic nitrogens is 8. The molecule has 0 atom stereocenters. The highest BCUT2D eigenvalue weighted by molar-refractivity contribution is 6.18. The molecule has 0 bridgehead atoms. The Kier molecular flexibility index (Phi) is 10.1. The maximum atomic E-state index is 5.86. The normalized spacial score (nSPS) is 11.9. The van der Waals surface area contributed by atoms with E-state index in [1.165, 1.54) is 0 Å². The molecule has 0 saturated heterocycles. The molecule has 0 radical (unpaired) electrons. The standard InChI is InChI=1S/C74H46N8/c1-3-23-48(24-4-1)72-76-73(49-25-5-2-6-26-49)78-74(77-72)67-68(79-58-35-15-7-27-50(58)51-28-8-16-36-59(51)79)66(47-43-45-75-46-44-47)69(80-60-37-17-9-29-52(60)53-30-10-18-38-61(53)80)71(82-64-41-21-13-33-56(64)57-34-14-22-42-65(57)82)70(67)81-62-39-19-11-31-54(62)55-32-12-20-40-63(55)81/h1-46H. The molecule has 82 heavy (non-hydrogen) atoms. The zero-order valence-corrected chi connectivity index (χ0v) is 44.1. The lowest BCUT2D eigenvalue weighted by molar-refractivity contribution is 1.02. The molecule has 6 aromatic heterocycles. The number of para-hydroxylation sites is 8. The van der Waals surface area contributed by atoms with Crippen LogP contribution in [0.5, 0.6) is 0 Å². The average Bonchev–Trinajstić information content (AvgIpc) is 2.09. The van der Waals surface area contributed by atoms with Gasteiger partial charge in [-0.05, 0) is 66.2 Å². The Balaban J connectivity index is 1.26. The van der Waals surface area contributed by atoms with Crippen molar-refractivity contribution >= 4 is 87.2 Å². The van der Waals surface area contributed by atoms with Crippen LogP contribution in [-0.4, -0.2) is 38.2 Å². The molecule has 0 saturated carbocycles. The van der Waals surface area contributed by atoms with Gasteiger partial charge in [-0.25, -0.2) is 15.0 Å². The molecule has 0 aliphatic heterocycles. The zero-order chi connectivity index (χ0) is 53.8. The molecule has 0 N–H and O–H groups in total. The van der Waals surface area contributed by atoms with Crippen LogP contribution in [-0.2, 0) is 0 Å². The lowest BCUT2D eigenvalue weighted by Crippen LogP contribution is -2.17. The highest BCUT2D eigenvalue weighted by Gasteiger charge is 2.36. The predicted molar refractivity (Wildman–Crippen MR) is 337 cm³/mol. The van der Waals surface area contributed by atoms with Gasteiger partial charge in [0.25, 0.3) is 0 Å². The lowest BCUT2D eigenvalue weighted by atomic mass is 9.92. The van der Waals surface area contributed by atoms with Gasteiger partial charge in [-0.1, -0.05) is 206 Å². The Bertz CT molecular complexity index is 5130. The van der Waals surface area contributed by atoms with Crippen LogP contribution < -0.4 is 0 Å². The van der Waals surface area contributed by atoms with Gasteiger partial charge in [0, 0.05) is 72.2 Å². The molecule has 382 valence electrons. The fourth-order valence-electron chi connectivity index (χ4n) is 13.1. The van der Waals surface area contributed by atoms with Gasteiger partial charge in [-0.15, -0.1) is 0 Å². The van der Waals surface area contributed by atoms with Crippen molar-refractivity contribution in [1.82, 2.24) is 38.2 Å².